The molecule has 0 N–H and O–H groups in total. The summed E-state index contributed by atoms with van der Waals surface area (Å²) in [5.41, 5.74) is 3.03. The van der Waals surface area contributed by atoms with Crippen LogP contribution in [0.3, 0.4) is 0 Å². The topological polar surface area (TPSA) is 23.4 Å². The number of aryl methyl sites for hydroxylation is 2. The molecule has 0 aliphatic carbocycles. The molecule has 0 atom stereocenters. The zero-order valence-corrected chi connectivity index (χ0v) is 13.2. The van der Waals surface area contributed by atoms with Crippen molar-refractivity contribution in [2.75, 3.05) is 0 Å². The van der Waals surface area contributed by atoms with E-state index in [9.17, 15) is 0 Å². The molecule has 3 rings (SSSR count). The number of nitrogens with zero attached hydrogens (tertiary/aromatic N) is 1. The van der Waals surface area contributed by atoms with Crippen LogP contribution in [0.4, 0.5) is 0 Å². The highest BCUT2D eigenvalue weighted by atomic mass is 16.7. The van der Waals surface area contributed by atoms with Crippen LogP contribution < -0.4 is 5.46 Å². The van der Waals surface area contributed by atoms with Gasteiger partial charge in [-0.05, 0) is 45.6 Å². The van der Waals surface area contributed by atoms with Crippen LogP contribution >= 0.6 is 0 Å². The molecule has 0 spiro atoms. The van der Waals surface area contributed by atoms with E-state index in [1.165, 1.54) is 16.5 Å². The van der Waals surface area contributed by atoms with Gasteiger partial charge in [0.1, 0.15) is 0 Å². The first kappa shape index (κ1) is 13.7. The minimum absolute atomic E-state index is 0.300. The summed E-state index contributed by atoms with van der Waals surface area (Å²) >= 11 is 0. The fourth-order valence-electron chi connectivity index (χ4n) is 2.86. The minimum atomic E-state index is -0.302. The molecule has 0 bridgehead atoms. The molecule has 0 unspecified atom stereocenters. The minimum Gasteiger partial charge on any atom is -0.399 e. The lowest BCUT2D eigenvalue weighted by atomic mass is 9.79. The molecule has 1 aromatic carbocycles. The maximum Gasteiger partial charge on any atom is 0.497 e. The van der Waals surface area contributed by atoms with Gasteiger partial charge in [0, 0.05) is 18.7 Å². The van der Waals surface area contributed by atoms with Crippen molar-refractivity contribution in [3.05, 3.63) is 30.0 Å². The summed E-state index contributed by atoms with van der Waals surface area (Å²) in [7, 11) is 1.77. The van der Waals surface area contributed by atoms with E-state index in [1.54, 1.807) is 0 Å². The van der Waals surface area contributed by atoms with Crippen LogP contribution in [0, 0.1) is 6.92 Å². The highest BCUT2D eigenvalue weighted by Gasteiger charge is 2.52. The zero-order valence-electron chi connectivity index (χ0n) is 13.2. The Bertz CT molecular complexity index is 656. The predicted octanol–water partition coefficient (Wildman–Crippen LogP) is 2.79. The molecule has 3 nitrogen and oxygen atoms in total. The quantitative estimate of drug-likeness (QED) is 0.744. The third kappa shape index (κ3) is 1.82. The molecule has 1 aliphatic heterocycles. The molecule has 0 saturated carbocycles. The molecule has 106 valence electrons. The number of aromatic nitrogens is 1. The van der Waals surface area contributed by atoms with Crippen molar-refractivity contribution in [3.63, 3.8) is 0 Å². The maximum atomic E-state index is 6.18. The van der Waals surface area contributed by atoms with Gasteiger partial charge in [-0.2, -0.15) is 0 Å². The Morgan fingerprint density at radius 2 is 1.65 bits per heavy atom. The van der Waals surface area contributed by atoms with Gasteiger partial charge in [-0.15, -0.1) is 0 Å². The summed E-state index contributed by atoms with van der Waals surface area (Å²) < 4.78 is 14.5. The molecule has 0 amide bonds. The fourth-order valence-corrected chi connectivity index (χ4v) is 2.86. The molecule has 1 aliphatic rings. The first-order chi connectivity index (χ1) is 9.23. The second-order valence-electron chi connectivity index (χ2n) is 6.75. The van der Waals surface area contributed by atoms with E-state index < -0.39 is 0 Å². The van der Waals surface area contributed by atoms with Gasteiger partial charge in [-0.1, -0.05) is 18.2 Å². The second kappa shape index (κ2) is 4.12. The predicted molar refractivity (Wildman–Crippen MR) is 83.4 cm³/mol. The van der Waals surface area contributed by atoms with Crippen LogP contribution in [-0.2, 0) is 16.4 Å². The molecule has 1 aromatic heterocycles. The molecule has 0 radical (unpaired) electrons. The van der Waals surface area contributed by atoms with Gasteiger partial charge in [0.2, 0.25) is 0 Å². The van der Waals surface area contributed by atoms with Crippen LogP contribution in [-0.4, -0.2) is 22.9 Å². The van der Waals surface area contributed by atoms with Crippen molar-refractivity contribution in [3.8, 4) is 0 Å². The number of rotatable bonds is 1. The highest BCUT2D eigenvalue weighted by molar-refractivity contribution is 6.65. The van der Waals surface area contributed by atoms with Crippen molar-refractivity contribution >= 4 is 23.5 Å². The van der Waals surface area contributed by atoms with Crippen molar-refractivity contribution < 1.29 is 9.31 Å². The van der Waals surface area contributed by atoms with Crippen molar-refractivity contribution in [2.24, 2.45) is 7.05 Å². The van der Waals surface area contributed by atoms with Crippen molar-refractivity contribution in [2.45, 2.75) is 45.8 Å². The molecular weight excluding hydrogens is 249 g/mol. The van der Waals surface area contributed by atoms with Crippen LogP contribution in [0.2, 0.25) is 0 Å². The molecule has 2 aromatic rings. The average molecular weight is 271 g/mol. The van der Waals surface area contributed by atoms with Crippen LogP contribution in [0.1, 0.15) is 33.3 Å². The second-order valence-corrected chi connectivity index (χ2v) is 6.75. The van der Waals surface area contributed by atoms with E-state index >= 15 is 0 Å². The number of para-hydroxylation sites is 1. The van der Waals surface area contributed by atoms with Gasteiger partial charge >= 0.3 is 7.12 Å². The lowest BCUT2D eigenvalue weighted by molar-refractivity contribution is 0.00578. The molecule has 1 fully saturated rings. The van der Waals surface area contributed by atoms with E-state index in [1.807, 2.05) is 0 Å². The van der Waals surface area contributed by atoms with Crippen LogP contribution in [0.25, 0.3) is 10.9 Å². The molecule has 4 heteroatoms. The molecular formula is C16H22BNO2. The molecule has 2 heterocycles. The maximum absolute atomic E-state index is 6.18. The molecule has 20 heavy (non-hydrogen) atoms. The van der Waals surface area contributed by atoms with E-state index in [0.717, 1.165) is 5.46 Å². The SMILES string of the molecule is Cc1cccc2c(B3OC(C)(C)C(C)(C)O3)cn(C)c12. The largest absolute Gasteiger partial charge is 0.497 e. The van der Waals surface area contributed by atoms with Gasteiger partial charge in [-0.3, -0.25) is 0 Å². The normalized spacial score (nSPS) is 20.8. The van der Waals surface area contributed by atoms with Gasteiger partial charge in [0.05, 0.1) is 16.7 Å². The zero-order chi connectivity index (χ0) is 14.7. The third-order valence-corrected chi connectivity index (χ3v) is 4.74. The summed E-state index contributed by atoms with van der Waals surface area (Å²) in [6.45, 7) is 10.5. The Balaban J connectivity index is 2.12. The Hall–Kier alpha value is -1.26. The van der Waals surface area contributed by atoms with Gasteiger partial charge in [0.15, 0.2) is 0 Å². The fraction of sp³-hybridized carbons (Fsp3) is 0.500. The van der Waals surface area contributed by atoms with Crippen molar-refractivity contribution in [1.82, 2.24) is 4.57 Å². The van der Waals surface area contributed by atoms with E-state index in [-0.39, 0.29) is 18.3 Å². The Morgan fingerprint density at radius 1 is 1.05 bits per heavy atom. The lowest BCUT2D eigenvalue weighted by Crippen LogP contribution is -2.41. The highest BCUT2D eigenvalue weighted by Crippen LogP contribution is 2.37. The van der Waals surface area contributed by atoms with Crippen LogP contribution in [0.5, 0.6) is 0 Å². The third-order valence-electron chi connectivity index (χ3n) is 4.74. The Morgan fingerprint density at radius 3 is 2.25 bits per heavy atom. The summed E-state index contributed by atoms with van der Waals surface area (Å²) in [4.78, 5) is 0. The molecule has 1 saturated heterocycles. The smallest absolute Gasteiger partial charge is 0.399 e. The monoisotopic (exact) mass is 271 g/mol. The number of fused-ring (bicyclic) bond motifs is 1. The first-order valence-corrected chi connectivity index (χ1v) is 7.13. The Kier molecular flexibility index (Phi) is 2.83. The van der Waals surface area contributed by atoms with E-state index in [2.05, 4.69) is 70.6 Å². The van der Waals surface area contributed by atoms with Gasteiger partial charge < -0.3 is 13.9 Å². The average Bonchev–Trinajstić information content (AvgIpc) is 2.76. The first-order valence-electron chi connectivity index (χ1n) is 7.13. The summed E-state index contributed by atoms with van der Waals surface area (Å²) in [6.07, 6.45) is 2.12. The van der Waals surface area contributed by atoms with Crippen LogP contribution in [0.15, 0.2) is 24.4 Å². The number of hydrogen-bond acceptors (Lipinski definition) is 2. The van der Waals surface area contributed by atoms with Gasteiger partial charge in [-0.25, -0.2) is 0 Å². The van der Waals surface area contributed by atoms with Gasteiger partial charge in [0.25, 0.3) is 0 Å². The van der Waals surface area contributed by atoms with E-state index in [4.69, 9.17) is 9.31 Å². The summed E-state index contributed by atoms with van der Waals surface area (Å²) in [6, 6.07) is 6.37. The Labute approximate surface area is 121 Å². The summed E-state index contributed by atoms with van der Waals surface area (Å²) in [5.74, 6) is 0. The lowest BCUT2D eigenvalue weighted by Gasteiger charge is -2.32. The number of benzene rings is 1. The van der Waals surface area contributed by atoms with Crippen molar-refractivity contribution in [1.29, 1.82) is 0 Å². The number of hydrogen-bond donors (Lipinski definition) is 0. The standard InChI is InChI=1S/C16H22BNO2/c1-11-8-7-9-12-13(10-18(6)14(11)12)17-19-15(2,3)16(4,5)20-17/h7-10H,1-6H3. The summed E-state index contributed by atoms with van der Waals surface area (Å²) in [5, 5.41) is 1.21. The van der Waals surface area contributed by atoms with E-state index in [0.29, 0.717) is 0 Å².